The molecule has 1 aromatic carbocycles. The van der Waals surface area contributed by atoms with Crippen LogP contribution in [-0.2, 0) is 33.3 Å². The summed E-state index contributed by atoms with van der Waals surface area (Å²) in [6.45, 7) is 10.3. The summed E-state index contributed by atoms with van der Waals surface area (Å²) in [4.78, 5) is 52.1. The van der Waals surface area contributed by atoms with E-state index in [2.05, 4.69) is 15.9 Å². The van der Waals surface area contributed by atoms with Gasteiger partial charge in [-0.25, -0.2) is 14.4 Å². The van der Waals surface area contributed by atoms with E-state index in [1.54, 1.807) is 65.8 Å². The first-order valence-corrected chi connectivity index (χ1v) is 12.2. The quantitative estimate of drug-likeness (QED) is 0.124. The first-order valence-electron chi connectivity index (χ1n) is 11.4. The van der Waals surface area contributed by atoms with Crippen molar-refractivity contribution in [3.05, 3.63) is 40.4 Å². The lowest BCUT2D eigenvalue weighted by Gasteiger charge is -2.33. The molecular formula is C25H34BrNO8. The van der Waals surface area contributed by atoms with Crippen LogP contribution in [0, 0.1) is 0 Å². The SMILES string of the molecule is CCOC(=O)CCC(C=C(C(=O)OCC)C(=O)OCC)N(C(=O)OC(C)(C)C)c1ccccc1Br. The van der Waals surface area contributed by atoms with E-state index >= 15 is 0 Å². The maximum absolute atomic E-state index is 13.4. The number of hydrogen-bond donors (Lipinski definition) is 0. The van der Waals surface area contributed by atoms with E-state index in [1.807, 2.05) is 0 Å². The molecule has 1 atom stereocenters. The van der Waals surface area contributed by atoms with Crippen LogP contribution in [0.15, 0.2) is 40.4 Å². The zero-order valence-electron chi connectivity index (χ0n) is 21.1. The van der Waals surface area contributed by atoms with E-state index in [9.17, 15) is 19.2 Å². The number of benzene rings is 1. The molecule has 0 saturated carbocycles. The predicted octanol–water partition coefficient (Wildman–Crippen LogP) is 4.96. The molecule has 0 fully saturated rings. The number of anilines is 1. The van der Waals surface area contributed by atoms with Crippen molar-refractivity contribution in [2.24, 2.45) is 0 Å². The van der Waals surface area contributed by atoms with Crippen LogP contribution in [-0.4, -0.2) is 55.5 Å². The highest BCUT2D eigenvalue weighted by atomic mass is 79.9. The number of halogens is 1. The number of nitrogens with zero attached hydrogens (tertiary/aromatic N) is 1. The Morgan fingerprint density at radius 1 is 0.943 bits per heavy atom. The van der Waals surface area contributed by atoms with Crippen molar-refractivity contribution in [3.63, 3.8) is 0 Å². The van der Waals surface area contributed by atoms with Gasteiger partial charge in [0.25, 0.3) is 0 Å². The Labute approximate surface area is 214 Å². The lowest BCUT2D eigenvalue weighted by molar-refractivity contribution is -0.146. The van der Waals surface area contributed by atoms with Crippen molar-refractivity contribution in [3.8, 4) is 0 Å². The van der Waals surface area contributed by atoms with Gasteiger partial charge in [0, 0.05) is 10.9 Å². The summed E-state index contributed by atoms with van der Waals surface area (Å²) in [6, 6.07) is 5.94. The first-order chi connectivity index (χ1) is 16.4. The Bertz CT molecular complexity index is 902. The highest BCUT2D eigenvalue weighted by Gasteiger charge is 2.33. The maximum atomic E-state index is 13.4. The molecule has 0 saturated heterocycles. The molecular weight excluding hydrogens is 522 g/mol. The summed E-state index contributed by atoms with van der Waals surface area (Å²) in [5.41, 5.74) is -0.806. The third-order valence-electron chi connectivity index (χ3n) is 4.33. The smallest absolute Gasteiger partial charge is 0.415 e. The summed E-state index contributed by atoms with van der Waals surface area (Å²) in [7, 11) is 0. The molecule has 0 aliphatic carbocycles. The number of carbonyl (C=O) groups is 4. The zero-order chi connectivity index (χ0) is 26.6. The van der Waals surface area contributed by atoms with E-state index in [0.29, 0.717) is 10.2 Å². The highest BCUT2D eigenvalue weighted by Crippen LogP contribution is 2.31. The van der Waals surface area contributed by atoms with Crippen LogP contribution in [0.2, 0.25) is 0 Å². The van der Waals surface area contributed by atoms with Crippen LogP contribution in [0.3, 0.4) is 0 Å². The van der Waals surface area contributed by atoms with Gasteiger partial charge in [0.15, 0.2) is 0 Å². The Morgan fingerprint density at radius 3 is 1.97 bits per heavy atom. The van der Waals surface area contributed by atoms with E-state index in [0.717, 1.165) is 0 Å². The van der Waals surface area contributed by atoms with E-state index in [-0.39, 0.29) is 38.2 Å². The largest absolute Gasteiger partial charge is 0.466 e. The molecule has 0 aliphatic rings. The summed E-state index contributed by atoms with van der Waals surface area (Å²) in [5.74, 6) is -2.29. The first kappa shape index (κ1) is 30.2. The monoisotopic (exact) mass is 555 g/mol. The molecule has 0 bridgehead atoms. The van der Waals surface area contributed by atoms with Gasteiger partial charge in [0.2, 0.25) is 0 Å². The van der Waals surface area contributed by atoms with Gasteiger partial charge >= 0.3 is 24.0 Å². The van der Waals surface area contributed by atoms with Crippen molar-refractivity contribution in [1.29, 1.82) is 0 Å². The molecule has 1 unspecified atom stereocenters. The zero-order valence-corrected chi connectivity index (χ0v) is 22.7. The van der Waals surface area contributed by atoms with E-state index in [4.69, 9.17) is 18.9 Å². The summed E-state index contributed by atoms with van der Waals surface area (Å²) >= 11 is 3.45. The van der Waals surface area contributed by atoms with Crippen LogP contribution >= 0.6 is 15.9 Å². The van der Waals surface area contributed by atoms with Crippen LogP contribution in [0.4, 0.5) is 10.5 Å². The van der Waals surface area contributed by atoms with Crippen molar-refractivity contribution in [2.75, 3.05) is 24.7 Å². The van der Waals surface area contributed by atoms with Gasteiger partial charge < -0.3 is 18.9 Å². The minimum absolute atomic E-state index is 0.0295. The second-order valence-electron chi connectivity index (χ2n) is 8.23. The maximum Gasteiger partial charge on any atom is 0.415 e. The van der Waals surface area contributed by atoms with Crippen molar-refractivity contribution in [2.45, 2.75) is 66.0 Å². The molecule has 10 heteroatoms. The van der Waals surface area contributed by atoms with Crippen LogP contribution in [0.1, 0.15) is 54.4 Å². The molecule has 1 rings (SSSR count). The fraction of sp³-hybridized carbons (Fsp3) is 0.520. The number of rotatable bonds is 11. The standard InChI is InChI=1S/C25H34BrNO8/c1-7-32-21(28)15-14-17(16-18(22(29)33-8-2)23(30)34-9-3)27(24(31)35-25(4,5)6)20-13-11-10-12-19(20)26/h10-13,16-17H,7-9,14-15H2,1-6H3. The van der Waals surface area contributed by atoms with E-state index in [1.165, 1.54) is 11.0 Å². The number of esters is 3. The predicted molar refractivity (Wildman–Crippen MR) is 134 cm³/mol. The van der Waals surface area contributed by atoms with Gasteiger partial charge in [0.1, 0.15) is 11.2 Å². The van der Waals surface area contributed by atoms with Gasteiger partial charge in [-0.3, -0.25) is 9.69 Å². The average molecular weight is 556 g/mol. The molecule has 0 spiro atoms. The fourth-order valence-electron chi connectivity index (χ4n) is 2.99. The van der Waals surface area contributed by atoms with Crippen LogP contribution in [0.25, 0.3) is 0 Å². The fourth-order valence-corrected chi connectivity index (χ4v) is 3.46. The molecule has 0 N–H and O–H groups in total. The van der Waals surface area contributed by atoms with Crippen LogP contribution in [0.5, 0.6) is 0 Å². The third kappa shape index (κ3) is 10.1. The topological polar surface area (TPSA) is 108 Å². The second-order valence-corrected chi connectivity index (χ2v) is 9.09. The molecule has 194 valence electrons. The Kier molecular flexibility index (Phi) is 12.5. The van der Waals surface area contributed by atoms with Gasteiger partial charge in [-0.15, -0.1) is 0 Å². The molecule has 1 amide bonds. The average Bonchev–Trinajstić information content (AvgIpc) is 2.75. The Balaban J connectivity index is 3.69. The van der Waals surface area contributed by atoms with Gasteiger partial charge in [-0.05, 0) is 82.1 Å². The minimum Gasteiger partial charge on any atom is -0.466 e. The molecule has 0 radical (unpaired) electrons. The van der Waals surface area contributed by atoms with E-state index < -0.39 is 35.6 Å². The molecule has 9 nitrogen and oxygen atoms in total. The van der Waals surface area contributed by atoms with Crippen molar-refractivity contribution < 1.29 is 38.1 Å². The second kappa shape index (κ2) is 14.5. The molecule has 0 aromatic heterocycles. The molecule has 0 heterocycles. The Hall–Kier alpha value is -2.88. The van der Waals surface area contributed by atoms with Crippen molar-refractivity contribution >= 4 is 45.6 Å². The Morgan fingerprint density at radius 2 is 1.49 bits per heavy atom. The molecule has 1 aromatic rings. The van der Waals surface area contributed by atoms with Gasteiger partial charge in [0.05, 0.1) is 31.5 Å². The highest BCUT2D eigenvalue weighted by molar-refractivity contribution is 9.10. The number of ether oxygens (including phenoxy) is 4. The summed E-state index contributed by atoms with van der Waals surface area (Å²) in [6.07, 6.45) is 0.486. The minimum atomic E-state index is -0.961. The van der Waals surface area contributed by atoms with Gasteiger partial charge in [-0.2, -0.15) is 0 Å². The summed E-state index contributed by atoms with van der Waals surface area (Å²) < 4.78 is 21.3. The normalized spacial score (nSPS) is 11.6. The number of hydrogen-bond acceptors (Lipinski definition) is 8. The molecule has 0 aliphatic heterocycles. The van der Waals surface area contributed by atoms with Crippen molar-refractivity contribution in [1.82, 2.24) is 0 Å². The lowest BCUT2D eigenvalue weighted by Crippen LogP contribution is -2.44. The third-order valence-corrected chi connectivity index (χ3v) is 5.00. The number of para-hydroxylation sites is 1. The lowest BCUT2D eigenvalue weighted by atomic mass is 10.0. The van der Waals surface area contributed by atoms with Gasteiger partial charge in [-0.1, -0.05) is 12.1 Å². The molecule has 35 heavy (non-hydrogen) atoms. The van der Waals surface area contributed by atoms with Crippen LogP contribution < -0.4 is 4.90 Å². The number of carbonyl (C=O) groups excluding carboxylic acids is 4. The summed E-state index contributed by atoms with van der Waals surface area (Å²) in [5, 5.41) is 0. The number of amides is 1.